The lowest BCUT2D eigenvalue weighted by atomic mass is 10.1. The van der Waals surface area contributed by atoms with Crippen LogP contribution in [0.5, 0.6) is 0 Å². The van der Waals surface area contributed by atoms with Gasteiger partial charge in [0.2, 0.25) is 0 Å². The van der Waals surface area contributed by atoms with Crippen molar-refractivity contribution >= 4 is 11.9 Å². The molecule has 0 aromatic heterocycles. The van der Waals surface area contributed by atoms with Crippen molar-refractivity contribution in [3.63, 3.8) is 0 Å². The van der Waals surface area contributed by atoms with Crippen LogP contribution in [-0.4, -0.2) is 25.2 Å². The Balaban J connectivity index is 2.55. The van der Waals surface area contributed by atoms with Crippen molar-refractivity contribution in [1.29, 1.82) is 0 Å². The van der Waals surface area contributed by atoms with Gasteiger partial charge in [0.15, 0.2) is 0 Å². The van der Waals surface area contributed by atoms with Crippen molar-refractivity contribution in [2.24, 2.45) is 5.92 Å². The fourth-order valence-corrected chi connectivity index (χ4v) is 1.43. The molecule has 4 nitrogen and oxygen atoms in total. The van der Waals surface area contributed by atoms with Crippen molar-refractivity contribution in [1.82, 2.24) is 0 Å². The summed E-state index contributed by atoms with van der Waals surface area (Å²) in [5.41, 5.74) is 0.873. The van der Waals surface area contributed by atoms with Gasteiger partial charge < -0.3 is 9.47 Å². The van der Waals surface area contributed by atoms with Gasteiger partial charge in [0.05, 0.1) is 24.3 Å². The number of hydrogen-bond acceptors (Lipinski definition) is 4. The molecule has 1 aromatic carbocycles. The zero-order valence-electron chi connectivity index (χ0n) is 11.6. The van der Waals surface area contributed by atoms with E-state index in [1.807, 2.05) is 0 Å². The molecule has 0 aliphatic heterocycles. The minimum atomic E-state index is -0.387. The molecule has 0 unspecified atom stereocenters. The van der Waals surface area contributed by atoms with E-state index in [2.05, 4.69) is 13.8 Å². The molecule has 4 heteroatoms. The van der Waals surface area contributed by atoms with Crippen molar-refractivity contribution in [3.05, 3.63) is 35.4 Å². The smallest absolute Gasteiger partial charge is 0.338 e. The molecule has 0 amide bonds. The average molecular weight is 264 g/mol. The molecule has 104 valence electrons. The number of benzene rings is 1. The molecule has 0 aliphatic rings. The fourth-order valence-electron chi connectivity index (χ4n) is 1.43. The lowest BCUT2D eigenvalue weighted by Gasteiger charge is -2.07. The second-order valence-electron chi connectivity index (χ2n) is 4.62. The molecular weight excluding hydrogens is 244 g/mol. The number of hydrogen-bond donors (Lipinski definition) is 0. The molecule has 0 atom stereocenters. The maximum Gasteiger partial charge on any atom is 0.338 e. The van der Waals surface area contributed by atoms with Crippen LogP contribution in [0, 0.1) is 5.92 Å². The van der Waals surface area contributed by atoms with Gasteiger partial charge >= 0.3 is 11.9 Å². The third-order valence-electron chi connectivity index (χ3n) is 2.56. The highest BCUT2D eigenvalue weighted by Gasteiger charge is 2.10. The molecule has 0 saturated carbocycles. The van der Waals surface area contributed by atoms with Crippen LogP contribution in [0.25, 0.3) is 0 Å². The summed E-state index contributed by atoms with van der Waals surface area (Å²) in [7, 11) is 0. The quantitative estimate of drug-likeness (QED) is 0.741. The van der Waals surface area contributed by atoms with Gasteiger partial charge in [-0.15, -0.1) is 0 Å². The summed E-state index contributed by atoms with van der Waals surface area (Å²) in [4.78, 5) is 23.1. The van der Waals surface area contributed by atoms with E-state index < -0.39 is 0 Å². The molecule has 0 bridgehead atoms. The van der Waals surface area contributed by atoms with Crippen molar-refractivity contribution < 1.29 is 19.1 Å². The van der Waals surface area contributed by atoms with E-state index in [0.29, 0.717) is 30.3 Å². The van der Waals surface area contributed by atoms with Crippen molar-refractivity contribution in [2.45, 2.75) is 27.2 Å². The van der Waals surface area contributed by atoms with Gasteiger partial charge in [-0.05, 0) is 43.5 Å². The van der Waals surface area contributed by atoms with Gasteiger partial charge in [0, 0.05) is 0 Å². The molecule has 0 heterocycles. The highest BCUT2D eigenvalue weighted by Crippen LogP contribution is 2.08. The fraction of sp³-hybridized carbons (Fsp3) is 0.467. The second-order valence-corrected chi connectivity index (χ2v) is 4.62. The first kappa shape index (κ1) is 15.2. The van der Waals surface area contributed by atoms with Crippen LogP contribution in [0.2, 0.25) is 0 Å². The lowest BCUT2D eigenvalue weighted by molar-refractivity contribution is 0.0483. The van der Waals surface area contributed by atoms with Gasteiger partial charge in [0.25, 0.3) is 0 Å². The highest BCUT2D eigenvalue weighted by molar-refractivity contribution is 5.93. The van der Waals surface area contributed by atoms with Crippen molar-refractivity contribution in [3.8, 4) is 0 Å². The van der Waals surface area contributed by atoms with Crippen LogP contribution in [0.15, 0.2) is 24.3 Å². The predicted octanol–water partition coefficient (Wildman–Crippen LogP) is 3.07. The molecule has 0 N–H and O–H groups in total. The first-order valence-electron chi connectivity index (χ1n) is 6.49. The Bertz CT molecular complexity index is 420. The summed E-state index contributed by atoms with van der Waals surface area (Å²) in [6.07, 6.45) is 0.840. The minimum Gasteiger partial charge on any atom is -0.462 e. The SMILES string of the molecule is CCOC(=O)c1ccc(C(=O)OCCC(C)C)cc1. The Kier molecular flexibility index (Phi) is 6.06. The normalized spacial score (nSPS) is 10.3. The maximum absolute atomic E-state index is 11.7. The molecule has 1 aromatic rings. The van der Waals surface area contributed by atoms with E-state index in [-0.39, 0.29) is 11.9 Å². The van der Waals surface area contributed by atoms with E-state index in [1.54, 1.807) is 31.2 Å². The molecule has 19 heavy (non-hydrogen) atoms. The summed E-state index contributed by atoms with van der Waals surface area (Å²) in [5.74, 6) is -0.253. The molecular formula is C15H20O4. The predicted molar refractivity (Wildman–Crippen MR) is 72.1 cm³/mol. The number of ether oxygens (including phenoxy) is 2. The minimum absolute atomic E-state index is 0.331. The van der Waals surface area contributed by atoms with E-state index in [4.69, 9.17) is 9.47 Å². The Labute approximate surface area is 113 Å². The summed E-state index contributed by atoms with van der Waals surface area (Å²) in [6, 6.07) is 6.28. The van der Waals surface area contributed by atoms with Gasteiger partial charge in [-0.1, -0.05) is 13.8 Å². The van der Waals surface area contributed by atoms with Gasteiger partial charge in [-0.2, -0.15) is 0 Å². The Morgan fingerprint density at radius 1 is 1.00 bits per heavy atom. The summed E-state index contributed by atoms with van der Waals surface area (Å²) >= 11 is 0. The van der Waals surface area contributed by atoms with Crippen LogP contribution in [0.4, 0.5) is 0 Å². The highest BCUT2D eigenvalue weighted by atomic mass is 16.5. The summed E-state index contributed by atoms with van der Waals surface area (Å²) < 4.78 is 10.00. The number of esters is 2. The molecule has 0 spiro atoms. The van der Waals surface area contributed by atoms with Crippen LogP contribution in [-0.2, 0) is 9.47 Å². The molecule has 0 aliphatic carbocycles. The van der Waals surface area contributed by atoms with Crippen molar-refractivity contribution in [2.75, 3.05) is 13.2 Å². The Morgan fingerprint density at radius 3 is 1.89 bits per heavy atom. The molecule has 0 saturated heterocycles. The first-order chi connectivity index (χ1) is 9.04. The van der Waals surface area contributed by atoms with Gasteiger partial charge in [-0.25, -0.2) is 9.59 Å². The molecule has 0 radical (unpaired) electrons. The molecule has 1 rings (SSSR count). The average Bonchev–Trinajstić information content (AvgIpc) is 2.38. The topological polar surface area (TPSA) is 52.6 Å². The third-order valence-corrected chi connectivity index (χ3v) is 2.56. The summed E-state index contributed by atoms with van der Waals surface area (Å²) in [6.45, 7) is 6.64. The Hall–Kier alpha value is -1.84. The standard InChI is InChI=1S/C15H20O4/c1-4-18-14(16)12-5-7-13(8-6-12)15(17)19-10-9-11(2)3/h5-8,11H,4,9-10H2,1-3H3. The molecule has 0 fully saturated rings. The zero-order chi connectivity index (χ0) is 14.3. The van der Waals surface area contributed by atoms with Crippen LogP contribution in [0.3, 0.4) is 0 Å². The number of carbonyl (C=O) groups is 2. The third kappa shape index (κ3) is 5.12. The Morgan fingerprint density at radius 2 is 1.47 bits per heavy atom. The number of carbonyl (C=O) groups excluding carboxylic acids is 2. The van der Waals surface area contributed by atoms with E-state index >= 15 is 0 Å². The number of rotatable bonds is 6. The second kappa shape index (κ2) is 7.56. The monoisotopic (exact) mass is 264 g/mol. The van der Waals surface area contributed by atoms with Gasteiger partial charge in [-0.3, -0.25) is 0 Å². The zero-order valence-corrected chi connectivity index (χ0v) is 11.6. The lowest BCUT2D eigenvalue weighted by Crippen LogP contribution is -2.09. The largest absolute Gasteiger partial charge is 0.462 e. The summed E-state index contributed by atoms with van der Waals surface area (Å²) in [5, 5.41) is 0. The van der Waals surface area contributed by atoms with Gasteiger partial charge in [0.1, 0.15) is 0 Å². The van der Waals surface area contributed by atoms with E-state index in [0.717, 1.165) is 6.42 Å². The van der Waals surface area contributed by atoms with Crippen LogP contribution >= 0.6 is 0 Å². The first-order valence-corrected chi connectivity index (χ1v) is 6.49. The van der Waals surface area contributed by atoms with E-state index in [9.17, 15) is 9.59 Å². The van der Waals surface area contributed by atoms with Crippen LogP contribution in [0.1, 0.15) is 47.9 Å². The van der Waals surface area contributed by atoms with Crippen LogP contribution < -0.4 is 0 Å². The van der Waals surface area contributed by atoms with E-state index in [1.165, 1.54) is 0 Å². The maximum atomic E-state index is 11.7.